The summed E-state index contributed by atoms with van der Waals surface area (Å²) in [5.74, 6) is 1.40. The van der Waals surface area contributed by atoms with Crippen LogP contribution >= 0.6 is 0 Å². The number of nitrogens with zero attached hydrogens (tertiary/aromatic N) is 1. The van der Waals surface area contributed by atoms with Crippen LogP contribution in [0.4, 0.5) is 0 Å². The lowest BCUT2D eigenvalue weighted by Crippen LogP contribution is -2.45. The average molecular weight is 263 g/mol. The number of benzene rings is 1. The third-order valence-electron chi connectivity index (χ3n) is 2.40. The molecule has 0 saturated heterocycles. The molecule has 1 rings (SSSR count). The highest BCUT2D eigenvalue weighted by Gasteiger charge is 2.09. The number of aliphatic imine (C=N–C) groups is 1. The minimum atomic E-state index is -0.0531. The molecule has 0 amide bonds. The van der Waals surface area contributed by atoms with Gasteiger partial charge in [0.25, 0.3) is 0 Å². The summed E-state index contributed by atoms with van der Waals surface area (Å²) in [6, 6.07) is 8.09. The number of rotatable bonds is 5. The molecular weight excluding hydrogens is 238 g/mol. The predicted octanol–water partition coefficient (Wildman–Crippen LogP) is 2.33. The Morgan fingerprint density at radius 1 is 1.37 bits per heavy atom. The van der Waals surface area contributed by atoms with Gasteiger partial charge in [0.2, 0.25) is 0 Å². The van der Waals surface area contributed by atoms with E-state index in [1.165, 1.54) is 5.56 Å². The van der Waals surface area contributed by atoms with Crippen molar-refractivity contribution in [2.45, 2.75) is 39.7 Å². The van der Waals surface area contributed by atoms with E-state index in [9.17, 15) is 0 Å². The number of hydrogen-bond acceptors (Lipinski definition) is 2. The molecule has 19 heavy (non-hydrogen) atoms. The lowest BCUT2D eigenvalue weighted by molar-refractivity contribution is 0.340. The molecule has 0 bridgehead atoms. The summed E-state index contributed by atoms with van der Waals surface area (Å²) < 4.78 is 5.47. The van der Waals surface area contributed by atoms with Crippen LogP contribution in [-0.4, -0.2) is 24.7 Å². The Morgan fingerprint density at radius 3 is 2.74 bits per heavy atom. The summed E-state index contributed by atoms with van der Waals surface area (Å²) >= 11 is 0. The van der Waals surface area contributed by atoms with Crippen molar-refractivity contribution in [3.63, 3.8) is 0 Å². The molecule has 0 aliphatic carbocycles. The minimum absolute atomic E-state index is 0.0531. The molecule has 0 aromatic heterocycles. The second kappa shape index (κ2) is 7.02. The van der Waals surface area contributed by atoms with Gasteiger partial charge in [-0.05, 0) is 51.8 Å². The third-order valence-corrected chi connectivity index (χ3v) is 2.40. The molecule has 0 fully saturated rings. The van der Waals surface area contributed by atoms with Gasteiger partial charge in [0.1, 0.15) is 5.75 Å². The van der Waals surface area contributed by atoms with Gasteiger partial charge in [0.05, 0.1) is 6.61 Å². The van der Waals surface area contributed by atoms with Crippen LogP contribution in [0.3, 0.4) is 0 Å². The minimum Gasteiger partial charge on any atom is -0.494 e. The molecule has 0 aliphatic rings. The predicted molar refractivity (Wildman–Crippen MR) is 80.7 cm³/mol. The highest BCUT2D eigenvalue weighted by Crippen LogP contribution is 2.13. The van der Waals surface area contributed by atoms with Crippen molar-refractivity contribution in [3.05, 3.63) is 29.8 Å². The van der Waals surface area contributed by atoms with E-state index in [4.69, 9.17) is 10.5 Å². The largest absolute Gasteiger partial charge is 0.494 e. The highest BCUT2D eigenvalue weighted by atomic mass is 16.5. The van der Waals surface area contributed by atoms with Crippen molar-refractivity contribution in [1.29, 1.82) is 0 Å². The number of guanidine groups is 1. The fourth-order valence-electron chi connectivity index (χ4n) is 1.69. The normalized spacial score (nSPS) is 12.3. The summed E-state index contributed by atoms with van der Waals surface area (Å²) in [7, 11) is 0. The fourth-order valence-corrected chi connectivity index (χ4v) is 1.69. The second-order valence-electron chi connectivity index (χ2n) is 5.47. The number of nitrogens with one attached hydrogen (secondary N) is 1. The van der Waals surface area contributed by atoms with E-state index < -0.39 is 0 Å². The molecule has 106 valence electrons. The Balaban J connectivity index is 2.48. The zero-order chi connectivity index (χ0) is 14.3. The molecule has 1 aromatic rings. The van der Waals surface area contributed by atoms with Gasteiger partial charge in [-0.1, -0.05) is 12.1 Å². The van der Waals surface area contributed by atoms with E-state index in [1.807, 2.05) is 25.1 Å². The van der Waals surface area contributed by atoms with Crippen molar-refractivity contribution in [1.82, 2.24) is 5.32 Å². The maximum absolute atomic E-state index is 5.82. The molecule has 0 heterocycles. The monoisotopic (exact) mass is 263 g/mol. The maximum atomic E-state index is 5.82. The van der Waals surface area contributed by atoms with E-state index in [-0.39, 0.29) is 5.54 Å². The topological polar surface area (TPSA) is 59.6 Å². The van der Waals surface area contributed by atoms with Gasteiger partial charge in [-0.15, -0.1) is 0 Å². The maximum Gasteiger partial charge on any atom is 0.188 e. The SMILES string of the molecule is CCOc1cccc(CCN=C(N)NC(C)(C)C)c1. The molecule has 0 spiro atoms. The third kappa shape index (κ3) is 6.70. The molecule has 1 aromatic carbocycles. The van der Waals surface area contributed by atoms with Crippen LogP contribution in [0.15, 0.2) is 29.3 Å². The van der Waals surface area contributed by atoms with Gasteiger partial charge >= 0.3 is 0 Å². The van der Waals surface area contributed by atoms with Crippen LogP contribution in [0.1, 0.15) is 33.3 Å². The lowest BCUT2D eigenvalue weighted by Gasteiger charge is -2.20. The molecule has 0 atom stereocenters. The molecule has 3 N–H and O–H groups in total. The van der Waals surface area contributed by atoms with E-state index >= 15 is 0 Å². The van der Waals surface area contributed by atoms with E-state index in [2.05, 4.69) is 37.1 Å². The molecule has 0 radical (unpaired) electrons. The quantitative estimate of drug-likeness (QED) is 0.633. The van der Waals surface area contributed by atoms with Crippen molar-refractivity contribution in [3.8, 4) is 5.75 Å². The van der Waals surface area contributed by atoms with Crippen LogP contribution < -0.4 is 15.8 Å². The molecule has 0 aliphatic heterocycles. The van der Waals surface area contributed by atoms with Crippen molar-refractivity contribution in [2.24, 2.45) is 10.7 Å². The fraction of sp³-hybridized carbons (Fsp3) is 0.533. The van der Waals surface area contributed by atoms with Gasteiger partial charge in [-0.25, -0.2) is 0 Å². The number of nitrogens with two attached hydrogens (primary N) is 1. The summed E-state index contributed by atoms with van der Waals surface area (Å²) in [5.41, 5.74) is 6.97. The smallest absolute Gasteiger partial charge is 0.188 e. The molecule has 0 unspecified atom stereocenters. The first-order chi connectivity index (χ1) is 8.90. The Labute approximate surface area is 116 Å². The average Bonchev–Trinajstić information content (AvgIpc) is 2.27. The summed E-state index contributed by atoms with van der Waals surface area (Å²) in [4.78, 5) is 4.32. The Hall–Kier alpha value is -1.71. The van der Waals surface area contributed by atoms with Crippen LogP contribution in [0.5, 0.6) is 5.75 Å². The molecular formula is C15H25N3O. The van der Waals surface area contributed by atoms with Crippen LogP contribution in [-0.2, 0) is 6.42 Å². The number of ether oxygens (including phenoxy) is 1. The molecule has 0 saturated carbocycles. The first-order valence-electron chi connectivity index (χ1n) is 6.70. The van der Waals surface area contributed by atoms with Crippen LogP contribution in [0, 0.1) is 0 Å². The second-order valence-corrected chi connectivity index (χ2v) is 5.47. The first-order valence-corrected chi connectivity index (χ1v) is 6.70. The highest BCUT2D eigenvalue weighted by molar-refractivity contribution is 5.78. The first kappa shape index (κ1) is 15.3. The zero-order valence-electron chi connectivity index (χ0n) is 12.4. The molecule has 4 heteroatoms. The van der Waals surface area contributed by atoms with Gasteiger partial charge < -0.3 is 15.8 Å². The molecule has 4 nitrogen and oxygen atoms in total. The van der Waals surface area contributed by atoms with Crippen molar-refractivity contribution >= 4 is 5.96 Å². The summed E-state index contributed by atoms with van der Waals surface area (Å²) in [5, 5.41) is 3.14. The Morgan fingerprint density at radius 2 is 2.11 bits per heavy atom. The van der Waals surface area contributed by atoms with E-state index in [0.717, 1.165) is 12.2 Å². The standard InChI is InChI=1S/C15H25N3O/c1-5-19-13-8-6-7-12(11-13)9-10-17-14(16)18-15(2,3)4/h6-8,11H,5,9-10H2,1-4H3,(H3,16,17,18). The summed E-state index contributed by atoms with van der Waals surface area (Å²) in [6.45, 7) is 9.51. The van der Waals surface area contributed by atoms with Crippen LogP contribution in [0.25, 0.3) is 0 Å². The van der Waals surface area contributed by atoms with E-state index in [1.54, 1.807) is 0 Å². The zero-order valence-corrected chi connectivity index (χ0v) is 12.4. The van der Waals surface area contributed by atoms with Crippen molar-refractivity contribution in [2.75, 3.05) is 13.2 Å². The van der Waals surface area contributed by atoms with Gasteiger partial charge in [-0.2, -0.15) is 0 Å². The van der Waals surface area contributed by atoms with Gasteiger partial charge in [0.15, 0.2) is 5.96 Å². The van der Waals surface area contributed by atoms with Crippen molar-refractivity contribution < 1.29 is 4.74 Å². The Bertz CT molecular complexity index is 422. The van der Waals surface area contributed by atoms with Crippen LogP contribution in [0.2, 0.25) is 0 Å². The number of hydrogen-bond donors (Lipinski definition) is 2. The lowest BCUT2D eigenvalue weighted by atomic mass is 10.1. The van der Waals surface area contributed by atoms with E-state index in [0.29, 0.717) is 19.1 Å². The Kier molecular flexibility index (Phi) is 5.67. The summed E-state index contributed by atoms with van der Waals surface area (Å²) in [6.07, 6.45) is 0.855. The van der Waals surface area contributed by atoms with Gasteiger partial charge in [0, 0.05) is 12.1 Å². The van der Waals surface area contributed by atoms with Gasteiger partial charge in [-0.3, -0.25) is 4.99 Å².